The van der Waals surface area contributed by atoms with Crippen molar-refractivity contribution in [3.05, 3.63) is 35.6 Å². The molecule has 1 aromatic rings. The molecule has 1 N–H and O–H groups in total. The molecule has 4 rings (SSSR count). The molecule has 0 aliphatic carbocycles. The number of nitrogens with zero attached hydrogens (tertiary/aromatic N) is 3. The third kappa shape index (κ3) is 5.28. The molecule has 3 aliphatic rings. The first-order valence-corrected chi connectivity index (χ1v) is 11.4. The number of ether oxygens (including phenoxy) is 2. The molecule has 9 heteroatoms. The Morgan fingerprint density at radius 2 is 1.88 bits per heavy atom. The lowest BCUT2D eigenvalue weighted by molar-refractivity contribution is -0.155. The number of hydrogen-bond donors (Lipinski definition) is 1. The van der Waals surface area contributed by atoms with Gasteiger partial charge in [-0.05, 0) is 32.0 Å². The van der Waals surface area contributed by atoms with Crippen molar-refractivity contribution in [3.8, 4) is 0 Å². The minimum Gasteiger partial charge on any atom is -0.389 e. The smallest absolute Gasteiger partial charge is 0.257 e. The summed E-state index contributed by atoms with van der Waals surface area (Å²) in [5.74, 6) is -0.966. The minimum absolute atomic E-state index is 0.0210. The van der Waals surface area contributed by atoms with Gasteiger partial charge >= 0.3 is 0 Å². The minimum atomic E-state index is -0.858. The van der Waals surface area contributed by atoms with Gasteiger partial charge in [-0.1, -0.05) is 12.1 Å². The summed E-state index contributed by atoms with van der Waals surface area (Å²) in [5.41, 5.74) is -0.0210. The Hall–Kier alpha value is -2.07. The number of piperazine rings is 1. The summed E-state index contributed by atoms with van der Waals surface area (Å²) >= 11 is 0. The van der Waals surface area contributed by atoms with Crippen LogP contribution in [0.3, 0.4) is 0 Å². The van der Waals surface area contributed by atoms with Crippen molar-refractivity contribution in [2.45, 2.75) is 43.6 Å². The second kappa shape index (κ2) is 10.2. The molecule has 3 heterocycles. The first kappa shape index (κ1) is 23.1. The zero-order valence-electron chi connectivity index (χ0n) is 18.5. The average molecular weight is 450 g/mol. The number of aliphatic hydroxyl groups is 1. The van der Waals surface area contributed by atoms with Crippen LogP contribution in [0.15, 0.2) is 24.3 Å². The lowest BCUT2D eigenvalue weighted by Crippen LogP contribution is -2.57. The standard InChI is InChI=1S/C23H32FN3O5/c1-25-8-10-26(11-9-25)22(29)12-17-6-7-20-21(32-17)15-31-14-16(28)13-27(20)23(30)18-4-2-3-5-19(18)24/h2-5,16-17,20-21,28H,6-15H2,1H3/t16-,17+,20-,21+/m1/s1. The van der Waals surface area contributed by atoms with Gasteiger partial charge in [0.25, 0.3) is 5.91 Å². The Labute approximate surface area is 187 Å². The van der Waals surface area contributed by atoms with Crippen LogP contribution in [0, 0.1) is 5.82 Å². The van der Waals surface area contributed by atoms with Crippen LogP contribution in [0.1, 0.15) is 29.6 Å². The SMILES string of the molecule is CN1CCN(C(=O)C[C@@H]2CC[C@@H]3[C@H](COC[C@H](O)CN3C(=O)c3ccccc3F)O2)CC1. The molecule has 1 aromatic carbocycles. The number of likely N-dealkylation sites (N-methyl/N-ethyl adjacent to an activating group) is 1. The second-order valence-electron chi connectivity index (χ2n) is 8.96. The largest absolute Gasteiger partial charge is 0.389 e. The summed E-state index contributed by atoms with van der Waals surface area (Å²) < 4.78 is 26.1. The lowest BCUT2D eigenvalue weighted by Gasteiger charge is -2.44. The molecule has 0 spiro atoms. The number of hydrogen-bond acceptors (Lipinski definition) is 6. The Kier molecular flexibility index (Phi) is 7.40. The van der Waals surface area contributed by atoms with Crippen LogP contribution in [0.5, 0.6) is 0 Å². The maximum atomic E-state index is 14.3. The fraction of sp³-hybridized carbons (Fsp3) is 0.652. The molecule has 0 saturated carbocycles. The van der Waals surface area contributed by atoms with Crippen LogP contribution in [-0.4, -0.2) is 109 Å². The van der Waals surface area contributed by atoms with E-state index >= 15 is 0 Å². The maximum Gasteiger partial charge on any atom is 0.257 e. The van der Waals surface area contributed by atoms with E-state index in [0.29, 0.717) is 19.3 Å². The van der Waals surface area contributed by atoms with Crippen molar-refractivity contribution >= 4 is 11.8 Å². The number of β-amino-alcohol motifs (C(OH)–C–C–N with tert-alkyl or cyclic N) is 1. The van der Waals surface area contributed by atoms with E-state index in [4.69, 9.17) is 9.47 Å². The van der Waals surface area contributed by atoms with E-state index in [1.807, 2.05) is 11.9 Å². The van der Waals surface area contributed by atoms with Gasteiger partial charge < -0.3 is 29.3 Å². The molecule has 0 aromatic heterocycles. The van der Waals surface area contributed by atoms with E-state index in [0.717, 1.165) is 26.2 Å². The first-order chi connectivity index (χ1) is 15.4. The molecule has 4 atom stereocenters. The number of carbonyl (C=O) groups excluding carboxylic acids is 2. The highest BCUT2D eigenvalue weighted by Gasteiger charge is 2.41. The van der Waals surface area contributed by atoms with Gasteiger partial charge in [-0.3, -0.25) is 9.59 Å². The number of carbonyl (C=O) groups is 2. The molecule has 2 amide bonds. The Bertz CT molecular complexity index is 817. The zero-order valence-corrected chi connectivity index (χ0v) is 18.5. The van der Waals surface area contributed by atoms with Gasteiger partial charge in [-0.2, -0.15) is 0 Å². The molecular formula is C23H32FN3O5. The molecule has 32 heavy (non-hydrogen) atoms. The van der Waals surface area contributed by atoms with E-state index in [1.165, 1.54) is 23.1 Å². The molecule has 3 aliphatic heterocycles. The Morgan fingerprint density at radius 3 is 2.62 bits per heavy atom. The average Bonchev–Trinajstić information content (AvgIpc) is 2.77. The summed E-state index contributed by atoms with van der Waals surface area (Å²) in [5, 5.41) is 10.3. The predicted octanol–water partition coefficient (Wildman–Crippen LogP) is 0.739. The fourth-order valence-electron chi connectivity index (χ4n) is 4.74. The molecule has 3 saturated heterocycles. The third-order valence-electron chi connectivity index (χ3n) is 6.60. The monoisotopic (exact) mass is 449 g/mol. The van der Waals surface area contributed by atoms with Crippen LogP contribution in [-0.2, 0) is 14.3 Å². The summed E-state index contributed by atoms with van der Waals surface area (Å²) in [6.07, 6.45) is -0.0294. The van der Waals surface area contributed by atoms with Crippen LogP contribution in [0.4, 0.5) is 4.39 Å². The fourth-order valence-corrected chi connectivity index (χ4v) is 4.74. The van der Waals surface area contributed by atoms with Crippen molar-refractivity contribution in [2.24, 2.45) is 0 Å². The number of amides is 2. The van der Waals surface area contributed by atoms with Gasteiger partial charge in [0.1, 0.15) is 11.9 Å². The van der Waals surface area contributed by atoms with E-state index in [9.17, 15) is 19.1 Å². The van der Waals surface area contributed by atoms with Crippen LogP contribution < -0.4 is 0 Å². The van der Waals surface area contributed by atoms with Crippen molar-refractivity contribution in [1.29, 1.82) is 0 Å². The van der Waals surface area contributed by atoms with Crippen LogP contribution >= 0.6 is 0 Å². The molecule has 0 bridgehead atoms. The number of rotatable bonds is 3. The Morgan fingerprint density at radius 1 is 1.12 bits per heavy atom. The third-order valence-corrected chi connectivity index (χ3v) is 6.60. The summed E-state index contributed by atoms with van der Waals surface area (Å²) in [4.78, 5) is 31.6. The highest BCUT2D eigenvalue weighted by atomic mass is 19.1. The van der Waals surface area contributed by atoms with Crippen LogP contribution in [0.25, 0.3) is 0 Å². The molecule has 0 unspecified atom stereocenters. The number of fused-ring (bicyclic) bond motifs is 1. The normalized spacial score (nSPS) is 29.7. The van der Waals surface area contributed by atoms with Gasteiger partial charge in [0, 0.05) is 32.7 Å². The topological polar surface area (TPSA) is 82.6 Å². The van der Waals surface area contributed by atoms with E-state index < -0.39 is 23.9 Å². The highest BCUT2D eigenvalue weighted by molar-refractivity contribution is 5.94. The van der Waals surface area contributed by atoms with Gasteiger partial charge in [0.15, 0.2) is 0 Å². The van der Waals surface area contributed by atoms with E-state index in [1.54, 1.807) is 6.07 Å². The zero-order chi connectivity index (χ0) is 22.7. The molecular weight excluding hydrogens is 417 g/mol. The van der Waals surface area contributed by atoms with Gasteiger partial charge in [-0.15, -0.1) is 0 Å². The molecule has 0 radical (unpaired) electrons. The van der Waals surface area contributed by atoms with Crippen LogP contribution in [0.2, 0.25) is 0 Å². The molecule has 8 nitrogen and oxygen atoms in total. The highest BCUT2D eigenvalue weighted by Crippen LogP contribution is 2.29. The van der Waals surface area contributed by atoms with Gasteiger partial charge in [-0.25, -0.2) is 4.39 Å². The first-order valence-electron chi connectivity index (χ1n) is 11.4. The summed E-state index contributed by atoms with van der Waals surface area (Å²) in [6, 6.07) is 5.51. The lowest BCUT2D eigenvalue weighted by atomic mass is 9.94. The van der Waals surface area contributed by atoms with Gasteiger partial charge in [0.2, 0.25) is 5.91 Å². The summed E-state index contributed by atoms with van der Waals surface area (Å²) in [6.45, 7) is 3.50. The van der Waals surface area contributed by atoms with Crippen molar-refractivity contribution in [2.75, 3.05) is 53.0 Å². The second-order valence-corrected chi connectivity index (χ2v) is 8.96. The summed E-state index contributed by atoms with van der Waals surface area (Å²) in [7, 11) is 2.05. The predicted molar refractivity (Wildman–Crippen MR) is 115 cm³/mol. The van der Waals surface area contributed by atoms with Crippen molar-refractivity contribution < 1.29 is 28.6 Å². The maximum absolute atomic E-state index is 14.3. The van der Waals surface area contributed by atoms with Gasteiger partial charge in [0.05, 0.1) is 43.4 Å². The molecule has 3 fully saturated rings. The van der Waals surface area contributed by atoms with Crippen molar-refractivity contribution in [1.82, 2.24) is 14.7 Å². The molecule has 176 valence electrons. The van der Waals surface area contributed by atoms with Crippen molar-refractivity contribution in [3.63, 3.8) is 0 Å². The Balaban J connectivity index is 1.44. The van der Waals surface area contributed by atoms with E-state index in [-0.39, 0.29) is 43.4 Å². The number of aliphatic hydroxyl groups excluding tert-OH is 1. The quantitative estimate of drug-likeness (QED) is 0.733. The number of benzene rings is 1. The van der Waals surface area contributed by atoms with E-state index in [2.05, 4.69) is 4.90 Å². The number of halogens is 1.